The molecule has 116 valence electrons. The molecule has 0 spiro atoms. The molecule has 0 aliphatic heterocycles. The first-order chi connectivity index (χ1) is 11.2. The second kappa shape index (κ2) is 6.89. The molecule has 2 heterocycles. The Labute approximate surface area is 137 Å². The molecule has 1 amide bonds. The second-order valence-electron chi connectivity index (χ2n) is 4.69. The van der Waals surface area contributed by atoms with Crippen molar-refractivity contribution in [1.29, 1.82) is 0 Å². The molecular formula is C15H13ClN6O. The first kappa shape index (κ1) is 15.0. The Balaban J connectivity index is 1.67. The van der Waals surface area contributed by atoms with Crippen molar-refractivity contribution in [3.05, 3.63) is 65.1 Å². The van der Waals surface area contributed by atoms with Gasteiger partial charge in [-0.05, 0) is 42.0 Å². The van der Waals surface area contributed by atoms with Gasteiger partial charge in [-0.3, -0.25) is 9.78 Å². The minimum Gasteiger partial charge on any atom is -0.346 e. The number of pyridine rings is 1. The van der Waals surface area contributed by atoms with Crippen LogP contribution in [0.3, 0.4) is 0 Å². The van der Waals surface area contributed by atoms with Gasteiger partial charge >= 0.3 is 0 Å². The van der Waals surface area contributed by atoms with Gasteiger partial charge in [-0.25, -0.2) is 0 Å². The Morgan fingerprint density at radius 2 is 1.83 bits per heavy atom. The summed E-state index contributed by atoms with van der Waals surface area (Å²) in [6, 6.07) is 10.7. The number of anilines is 2. The quantitative estimate of drug-likeness (QED) is 0.669. The van der Waals surface area contributed by atoms with Gasteiger partial charge in [-0.2, -0.15) is 5.21 Å². The highest BCUT2D eigenvalue weighted by atomic mass is 35.5. The molecule has 0 saturated carbocycles. The lowest BCUT2D eigenvalue weighted by molar-refractivity contribution is 0.0946. The minimum absolute atomic E-state index is 0.189. The Morgan fingerprint density at radius 3 is 2.57 bits per heavy atom. The number of rotatable bonds is 5. The fraction of sp³-hybridized carbons (Fsp3) is 0.0667. The highest BCUT2D eigenvalue weighted by molar-refractivity contribution is 6.30. The van der Waals surface area contributed by atoms with E-state index in [1.165, 1.54) is 0 Å². The minimum atomic E-state index is -0.327. The number of aromatic nitrogens is 4. The smallest absolute Gasteiger partial charge is 0.275 e. The number of nitrogens with one attached hydrogen (secondary N) is 3. The zero-order valence-corrected chi connectivity index (χ0v) is 12.7. The fourth-order valence-corrected chi connectivity index (χ4v) is 2.04. The maximum absolute atomic E-state index is 12.2. The van der Waals surface area contributed by atoms with E-state index in [9.17, 15) is 4.79 Å². The zero-order valence-electron chi connectivity index (χ0n) is 12.0. The van der Waals surface area contributed by atoms with Gasteiger partial charge in [-0.15, -0.1) is 10.2 Å². The van der Waals surface area contributed by atoms with Gasteiger partial charge in [0.1, 0.15) is 0 Å². The van der Waals surface area contributed by atoms with E-state index in [-0.39, 0.29) is 11.6 Å². The summed E-state index contributed by atoms with van der Waals surface area (Å²) in [4.78, 5) is 16.2. The molecule has 2 aromatic heterocycles. The van der Waals surface area contributed by atoms with Crippen LogP contribution in [0.2, 0.25) is 5.02 Å². The molecule has 0 unspecified atom stereocenters. The standard InChI is InChI=1S/C15H13ClN6O/c16-11-1-3-12(4-2-11)19-14-13(20-22-21-14)15(23)18-9-10-5-7-17-8-6-10/h1-8H,9H2,(H,18,23)(H2,19,20,21,22). The van der Waals surface area contributed by atoms with Gasteiger partial charge in [0.15, 0.2) is 11.5 Å². The van der Waals surface area contributed by atoms with Gasteiger partial charge in [0.2, 0.25) is 0 Å². The van der Waals surface area contributed by atoms with Crippen molar-refractivity contribution < 1.29 is 4.79 Å². The molecular weight excluding hydrogens is 316 g/mol. The second-order valence-corrected chi connectivity index (χ2v) is 5.13. The number of halogens is 1. The third kappa shape index (κ3) is 3.83. The molecule has 0 aliphatic carbocycles. The highest BCUT2D eigenvalue weighted by Crippen LogP contribution is 2.19. The monoisotopic (exact) mass is 328 g/mol. The molecule has 0 saturated heterocycles. The third-order valence-electron chi connectivity index (χ3n) is 3.07. The summed E-state index contributed by atoms with van der Waals surface area (Å²) < 4.78 is 0. The van der Waals surface area contributed by atoms with Gasteiger partial charge in [0.25, 0.3) is 5.91 Å². The van der Waals surface area contributed by atoms with E-state index in [1.54, 1.807) is 36.7 Å². The Bertz CT molecular complexity index is 787. The Hall–Kier alpha value is -2.93. The van der Waals surface area contributed by atoms with Gasteiger partial charge in [0, 0.05) is 29.6 Å². The number of H-pyrrole nitrogens is 1. The number of hydrogen-bond donors (Lipinski definition) is 3. The average Bonchev–Trinajstić information content (AvgIpc) is 3.04. The van der Waals surface area contributed by atoms with E-state index in [0.29, 0.717) is 17.4 Å². The van der Waals surface area contributed by atoms with Crippen molar-refractivity contribution in [2.75, 3.05) is 5.32 Å². The molecule has 1 aromatic carbocycles. The van der Waals surface area contributed by atoms with Crippen molar-refractivity contribution in [2.24, 2.45) is 0 Å². The van der Waals surface area contributed by atoms with E-state index in [1.807, 2.05) is 12.1 Å². The normalized spacial score (nSPS) is 10.3. The van der Waals surface area contributed by atoms with Crippen LogP contribution in [0.1, 0.15) is 16.1 Å². The lowest BCUT2D eigenvalue weighted by Crippen LogP contribution is -2.24. The lowest BCUT2D eigenvalue weighted by Gasteiger charge is -2.06. The predicted octanol–water partition coefficient (Wildman–Crippen LogP) is 2.53. The van der Waals surface area contributed by atoms with E-state index >= 15 is 0 Å². The summed E-state index contributed by atoms with van der Waals surface area (Å²) in [6.45, 7) is 0.384. The van der Waals surface area contributed by atoms with Crippen LogP contribution in [0.5, 0.6) is 0 Å². The predicted molar refractivity (Wildman–Crippen MR) is 86.5 cm³/mol. The third-order valence-corrected chi connectivity index (χ3v) is 3.32. The van der Waals surface area contributed by atoms with Crippen molar-refractivity contribution in [3.63, 3.8) is 0 Å². The van der Waals surface area contributed by atoms with Crippen molar-refractivity contribution in [1.82, 2.24) is 25.7 Å². The summed E-state index contributed by atoms with van der Waals surface area (Å²) in [5.74, 6) is 0.0200. The van der Waals surface area contributed by atoms with Crippen molar-refractivity contribution in [2.45, 2.75) is 6.54 Å². The SMILES string of the molecule is O=C(NCc1ccncc1)c1n[nH]nc1Nc1ccc(Cl)cc1. The van der Waals surface area contributed by atoms with Crippen LogP contribution < -0.4 is 10.6 Å². The van der Waals surface area contributed by atoms with Crippen molar-refractivity contribution in [3.8, 4) is 0 Å². The first-order valence-corrected chi connectivity index (χ1v) is 7.20. The highest BCUT2D eigenvalue weighted by Gasteiger charge is 2.16. The maximum atomic E-state index is 12.2. The molecule has 8 heteroatoms. The average molecular weight is 329 g/mol. The molecule has 0 radical (unpaired) electrons. The molecule has 23 heavy (non-hydrogen) atoms. The molecule has 0 fully saturated rings. The number of nitrogens with zero attached hydrogens (tertiary/aromatic N) is 3. The van der Waals surface area contributed by atoms with Crippen LogP contribution in [-0.4, -0.2) is 26.3 Å². The summed E-state index contributed by atoms with van der Waals surface area (Å²) in [7, 11) is 0. The van der Waals surface area contributed by atoms with Crippen LogP contribution in [-0.2, 0) is 6.54 Å². The van der Waals surface area contributed by atoms with E-state index in [0.717, 1.165) is 11.3 Å². The molecule has 3 N–H and O–H groups in total. The summed E-state index contributed by atoms with van der Waals surface area (Å²) in [5, 5.41) is 16.7. The largest absolute Gasteiger partial charge is 0.346 e. The molecule has 3 aromatic rings. The summed E-state index contributed by atoms with van der Waals surface area (Å²) in [5.41, 5.74) is 1.89. The fourth-order valence-electron chi connectivity index (χ4n) is 1.91. The Kier molecular flexibility index (Phi) is 4.49. The van der Waals surface area contributed by atoms with E-state index in [4.69, 9.17) is 11.6 Å². The number of carbonyl (C=O) groups excluding carboxylic acids is 1. The van der Waals surface area contributed by atoms with Gasteiger partial charge < -0.3 is 10.6 Å². The van der Waals surface area contributed by atoms with Crippen molar-refractivity contribution >= 4 is 29.0 Å². The zero-order chi connectivity index (χ0) is 16.1. The number of carbonyl (C=O) groups is 1. The van der Waals surface area contributed by atoms with Crippen LogP contribution in [0, 0.1) is 0 Å². The van der Waals surface area contributed by atoms with E-state index < -0.39 is 0 Å². The van der Waals surface area contributed by atoms with Crippen LogP contribution in [0.4, 0.5) is 11.5 Å². The molecule has 0 bridgehead atoms. The van der Waals surface area contributed by atoms with Gasteiger partial charge in [-0.1, -0.05) is 11.6 Å². The number of hydrogen-bond acceptors (Lipinski definition) is 5. The van der Waals surface area contributed by atoms with Gasteiger partial charge in [0.05, 0.1) is 0 Å². The molecule has 0 atom stereocenters. The lowest BCUT2D eigenvalue weighted by atomic mass is 10.2. The number of benzene rings is 1. The summed E-state index contributed by atoms with van der Waals surface area (Å²) >= 11 is 5.84. The molecule has 3 rings (SSSR count). The number of aromatic amines is 1. The molecule has 7 nitrogen and oxygen atoms in total. The maximum Gasteiger partial charge on any atom is 0.275 e. The van der Waals surface area contributed by atoms with Crippen LogP contribution >= 0.6 is 11.6 Å². The van der Waals surface area contributed by atoms with Crippen LogP contribution in [0.15, 0.2) is 48.8 Å². The van der Waals surface area contributed by atoms with Crippen LogP contribution in [0.25, 0.3) is 0 Å². The number of amides is 1. The Morgan fingerprint density at radius 1 is 1.09 bits per heavy atom. The first-order valence-electron chi connectivity index (χ1n) is 6.83. The van der Waals surface area contributed by atoms with E-state index in [2.05, 4.69) is 31.0 Å². The summed E-state index contributed by atoms with van der Waals surface area (Å²) in [6.07, 6.45) is 3.34. The molecule has 0 aliphatic rings. The topological polar surface area (TPSA) is 95.6 Å².